The molecule has 1 saturated heterocycles. The van der Waals surface area contributed by atoms with Crippen LogP contribution in [0.2, 0.25) is 5.02 Å². The Bertz CT molecular complexity index is 1230. The van der Waals surface area contributed by atoms with E-state index in [1.165, 1.54) is 12.1 Å². The Balaban J connectivity index is 1.57. The van der Waals surface area contributed by atoms with E-state index in [1.807, 2.05) is 29.2 Å². The van der Waals surface area contributed by atoms with E-state index in [9.17, 15) is 18.0 Å². The zero-order valence-corrected chi connectivity index (χ0v) is 20.2. The molecule has 188 valence electrons. The number of methoxy groups -OCH3 is 1. The molecule has 2 amide bonds. The third kappa shape index (κ3) is 6.41. The normalized spacial score (nSPS) is 17.7. The van der Waals surface area contributed by atoms with Crippen LogP contribution in [0.4, 0.5) is 23.7 Å². The highest BCUT2D eigenvalue weighted by atomic mass is 35.5. The summed E-state index contributed by atoms with van der Waals surface area (Å²) in [6.07, 6.45) is -2.97. The van der Waals surface area contributed by atoms with Crippen LogP contribution in [0.1, 0.15) is 29.2 Å². The number of rotatable bonds is 5. The highest BCUT2D eigenvalue weighted by Crippen LogP contribution is 2.32. The maximum absolute atomic E-state index is 13.5. The van der Waals surface area contributed by atoms with E-state index in [0.29, 0.717) is 41.7 Å². The van der Waals surface area contributed by atoms with Crippen molar-refractivity contribution in [2.24, 2.45) is 4.99 Å². The van der Waals surface area contributed by atoms with E-state index in [-0.39, 0.29) is 18.0 Å². The van der Waals surface area contributed by atoms with E-state index in [2.05, 4.69) is 15.3 Å². The first-order valence-electron chi connectivity index (χ1n) is 11.2. The second kappa shape index (κ2) is 11.1. The van der Waals surface area contributed by atoms with Gasteiger partial charge in [0.1, 0.15) is 11.4 Å². The first-order chi connectivity index (χ1) is 17.2. The number of pyridine rings is 1. The van der Waals surface area contributed by atoms with Crippen LogP contribution in [-0.4, -0.2) is 41.8 Å². The van der Waals surface area contributed by atoms with Crippen molar-refractivity contribution in [1.82, 2.24) is 9.88 Å². The number of nitrogens with zero attached hydrogens (tertiary/aromatic N) is 3. The Morgan fingerprint density at radius 2 is 1.89 bits per heavy atom. The molecule has 2 aromatic carbocycles. The second-order valence-electron chi connectivity index (χ2n) is 8.36. The monoisotopic (exact) mass is 516 g/mol. The van der Waals surface area contributed by atoms with E-state index < -0.39 is 17.9 Å². The van der Waals surface area contributed by atoms with Crippen LogP contribution in [0.3, 0.4) is 0 Å². The predicted octanol–water partition coefficient (Wildman–Crippen LogP) is 6.43. The summed E-state index contributed by atoms with van der Waals surface area (Å²) in [6, 6.07) is 16.5. The van der Waals surface area contributed by atoms with Crippen molar-refractivity contribution in [1.29, 1.82) is 0 Å². The molecule has 1 fully saturated rings. The van der Waals surface area contributed by atoms with Crippen molar-refractivity contribution < 1.29 is 22.7 Å². The van der Waals surface area contributed by atoms with Gasteiger partial charge >= 0.3 is 12.2 Å². The maximum atomic E-state index is 13.5. The van der Waals surface area contributed by atoms with Crippen LogP contribution in [0.15, 0.2) is 71.9 Å². The van der Waals surface area contributed by atoms with Crippen LogP contribution in [-0.2, 0) is 12.7 Å². The van der Waals surface area contributed by atoms with Gasteiger partial charge in [-0.05, 0) is 60.0 Å². The molecule has 1 aliphatic heterocycles. The molecule has 0 spiro atoms. The first-order valence-corrected chi connectivity index (χ1v) is 11.6. The summed E-state index contributed by atoms with van der Waals surface area (Å²) < 4.78 is 45.6. The van der Waals surface area contributed by atoms with Gasteiger partial charge < -0.3 is 10.1 Å². The lowest BCUT2D eigenvalue weighted by Gasteiger charge is -2.34. The van der Waals surface area contributed by atoms with Gasteiger partial charge in [-0.2, -0.15) is 13.2 Å². The molecule has 2 heterocycles. The lowest BCUT2D eigenvalue weighted by molar-refractivity contribution is -0.142. The van der Waals surface area contributed by atoms with Crippen LogP contribution in [0.5, 0.6) is 5.75 Å². The Hall–Kier alpha value is -3.43. The number of urea groups is 1. The predicted molar refractivity (Wildman–Crippen MR) is 133 cm³/mol. The zero-order chi connectivity index (χ0) is 25.7. The number of ether oxygens (including phenoxy) is 1. The number of carbonyl (C=O) groups is 1. The largest absolute Gasteiger partial charge is 0.497 e. The minimum atomic E-state index is -4.53. The lowest BCUT2D eigenvalue weighted by Crippen LogP contribution is -2.40. The number of halogens is 4. The molecule has 1 atom stereocenters. The highest BCUT2D eigenvalue weighted by molar-refractivity contribution is 6.30. The standard InChI is InChI=1S/C26H24ClF3N4O2/c1-36-21-10-4-17(5-11-21)22-16-34(15-18-3-2-13-31-24(18)26(28,29)30)14-12-23(22)33-25(35)32-20-8-6-19(27)7-9-20/h2-11,13,22H,12,14-16H2,1H3,(H,32,35). The summed E-state index contributed by atoms with van der Waals surface area (Å²) >= 11 is 5.90. The topological polar surface area (TPSA) is 66.8 Å². The number of anilines is 1. The second-order valence-corrected chi connectivity index (χ2v) is 8.80. The molecular weight excluding hydrogens is 493 g/mol. The molecule has 36 heavy (non-hydrogen) atoms. The molecular formula is C26H24ClF3N4O2. The Labute approximate surface area is 211 Å². The number of hydrogen-bond acceptors (Lipinski definition) is 4. The van der Waals surface area contributed by atoms with Crippen molar-refractivity contribution in [3.05, 3.63) is 88.7 Å². The van der Waals surface area contributed by atoms with Gasteiger partial charge in [-0.3, -0.25) is 9.88 Å². The molecule has 0 radical (unpaired) electrons. The van der Waals surface area contributed by atoms with E-state index in [4.69, 9.17) is 16.3 Å². The maximum Gasteiger partial charge on any atom is 0.433 e. The molecule has 1 aliphatic rings. The molecule has 10 heteroatoms. The van der Waals surface area contributed by atoms with Gasteiger partial charge in [0.25, 0.3) is 0 Å². The summed E-state index contributed by atoms with van der Waals surface area (Å²) in [5.41, 5.74) is 1.33. The van der Waals surface area contributed by atoms with Crippen LogP contribution in [0.25, 0.3) is 0 Å². The van der Waals surface area contributed by atoms with Crippen LogP contribution >= 0.6 is 11.6 Å². The van der Waals surface area contributed by atoms with Gasteiger partial charge in [-0.15, -0.1) is 0 Å². The van der Waals surface area contributed by atoms with Gasteiger partial charge in [0.15, 0.2) is 0 Å². The number of aromatic nitrogens is 1. The summed E-state index contributed by atoms with van der Waals surface area (Å²) in [5, 5.41) is 3.28. The van der Waals surface area contributed by atoms with Crippen LogP contribution < -0.4 is 10.1 Å². The average Bonchev–Trinajstić information content (AvgIpc) is 2.86. The number of likely N-dealkylation sites (tertiary alicyclic amines) is 1. The molecule has 1 N–H and O–H groups in total. The van der Waals surface area contributed by atoms with Gasteiger partial charge in [0.2, 0.25) is 0 Å². The first kappa shape index (κ1) is 25.7. The smallest absolute Gasteiger partial charge is 0.433 e. The number of alkyl halides is 3. The van der Waals surface area contributed by atoms with Gasteiger partial charge in [0, 0.05) is 48.2 Å². The van der Waals surface area contributed by atoms with Gasteiger partial charge in [-0.1, -0.05) is 29.8 Å². The number of hydrogen-bond donors (Lipinski definition) is 1. The highest BCUT2D eigenvalue weighted by Gasteiger charge is 2.36. The Morgan fingerprint density at radius 3 is 2.56 bits per heavy atom. The summed E-state index contributed by atoms with van der Waals surface area (Å²) in [7, 11) is 1.57. The molecule has 1 aromatic heterocycles. The fourth-order valence-electron chi connectivity index (χ4n) is 4.19. The van der Waals surface area contributed by atoms with Crippen molar-refractivity contribution in [3.8, 4) is 5.75 Å². The summed E-state index contributed by atoms with van der Waals surface area (Å²) in [6.45, 7) is 0.928. The van der Waals surface area contributed by atoms with Gasteiger partial charge in [-0.25, -0.2) is 9.79 Å². The van der Waals surface area contributed by atoms with Crippen molar-refractivity contribution in [2.45, 2.75) is 25.1 Å². The number of carbonyl (C=O) groups excluding carboxylic acids is 1. The Morgan fingerprint density at radius 1 is 1.17 bits per heavy atom. The molecule has 0 saturated carbocycles. The molecule has 3 aromatic rings. The van der Waals surface area contributed by atoms with Crippen LogP contribution in [0, 0.1) is 0 Å². The van der Waals surface area contributed by atoms with Gasteiger partial charge in [0.05, 0.1) is 7.11 Å². The SMILES string of the molecule is COc1ccc(C2CN(Cc3cccnc3C(F)(F)F)CCC2=NC(=O)Nc2ccc(Cl)cc2)cc1. The van der Waals surface area contributed by atoms with E-state index in [1.54, 1.807) is 31.4 Å². The Kier molecular flexibility index (Phi) is 7.91. The number of amides is 2. The molecule has 6 nitrogen and oxygen atoms in total. The fourth-order valence-corrected chi connectivity index (χ4v) is 4.32. The third-order valence-electron chi connectivity index (χ3n) is 5.94. The summed E-state index contributed by atoms with van der Waals surface area (Å²) in [5.74, 6) is 0.391. The lowest BCUT2D eigenvalue weighted by atomic mass is 9.88. The van der Waals surface area contributed by atoms with Crippen molar-refractivity contribution in [2.75, 3.05) is 25.5 Å². The third-order valence-corrected chi connectivity index (χ3v) is 6.19. The van der Waals surface area contributed by atoms with E-state index >= 15 is 0 Å². The molecule has 0 bridgehead atoms. The zero-order valence-electron chi connectivity index (χ0n) is 19.4. The minimum Gasteiger partial charge on any atom is -0.497 e. The fraction of sp³-hybridized carbons (Fsp3) is 0.269. The molecule has 4 rings (SSSR count). The molecule has 0 aliphatic carbocycles. The van der Waals surface area contributed by atoms with Crippen molar-refractivity contribution >= 4 is 29.0 Å². The number of aliphatic imine (C=N–C) groups is 1. The summed E-state index contributed by atoms with van der Waals surface area (Å²) in [4.78, 5) is 22.5. The number of piperidine rings is 1. The number of nitrogens with one attached hydrogen (secondary N) is 1. The minimum absolute atomic E-state index is 0.0829. The molecule has 1 unspecified atom stereocenters. The average molecular weight is 517 g/mol. The quantitative estimate of drug-likeness (QED) is 0.424. The van der Waals surface area contributed by atoms with E-state index in [0.717, 1.165) is 11.8 Å². The van der Waals surface area contributed by atoms with Crippen molar-refractivity contribution in [3.63, 3.8) is 0 Å². The number of benzene rings is 2.